The maximum atomic E-state index is 6.21. The maximum absolute atomic E-state index is 6.21. The molecular weight excluding hydrogens is 222 g/mol. The lowest BCUT2D eigenvalue weighted by molar-refractivity contribution is 0.745. The molecule has 0 aliphatic heterocycles. The van der Waals surface area contributed by atoms with Gasteiger partial charge in [0, 0.05) is 18.2 Å². The van der Waals surface area contributed by atoms with Crippen LogP contribution in [0.15, 0.2) is 18.3 Å². The third-order valence-electron chi connectivity index (χ3n) is 2.62. The van der Waals surface area contributed by atoms with Gasteiger partial charge in [0.2, 0.25) is 0 Å². The molecule has 0 spiro atoms. The standard InChI is InChI=1S/C12H16ClN3/c1-7(2)12-15-10(8(3)14)11-9(13)5-4-6-16(11)12/h4-8H,14H2,1-3H3. The minimum Gasteiger partial charge on any atom is -0.323 e. The Morgan fingerprint density at radius 1 is 1.38 bits per heavy atom. The second kappa shape index (κ2) is 4.07. The number of hydrogen-bond acceptors (Lipinski definition) is 2. The average Bonchev–Trinajstić information content (AvgIpc) is 2.58. The number of nitrogens with zero attached hydrogens (tertiary/aromatic N) is 2. The second-order valence-corrected chi connectivity index (χ2v) is 4.78. The van der Waals surface area contributed by atoms with Gasteiger partial charge in [-0.2, -0.15) is 0 Å². The van der Waals surface area contributed by atoms with Gasteiger partial charge in [0.25, 0.3) is 0 Å². The topological polar surface area (TPSA) is 43.3 Å². The fraction of sp³-hybridized carbons (Fsp3) is 0.417. The van der Waals surface area contributed by atoms with E-state index in [2.05, 4.69) is 18.8 Å². The van der Waals surface area contributed by atoms with Crippen molar-refractivity contribution in [3.05, 3.63) is 34.9 Å². The van der Waals surface area contributed by atoms with Crippen LogP contribution in [0.4, 0.5) is 0 Å². The zero-order chi connectivity index (χ0) is 11.9. The molecule has 2 N–H and O–H groups in total. The van der Waals surface area contributed by atoms with Crippen molar-refractivity contribution in [2.75, 3.05) is 0 Å². The highest BCUT2D eigenvalue weighted by atomic mass is 35.5. The third kappa shape index (κ3) is 1.70. The van der Waals surface area contributed by atoms with Crippen LogP contribution in [0.5, 0.6) is 0 Å². The first-order chi connectivity index (χ1) is 7.52. The minimum atomic E-state index is -0.109. The monoisotopic (exact) mass is 237 g/mol. The molecule has 0 aliphatic rings. The minimum absolute atomic E-state index is 0.109. The zero-order valence-corrected chi connectivity index (χ0v) is 10.5. The van der Waals surface area contributed by atoms with Gasteiger partial charge in [0.1, 0.15) is 5.82 Å². The number of nitrogens with two attached hydrogens (primary N) is 1. The van der Waals surface area contributed by atoms with Gasteiger partial charge in [-0.15, -0.1) is 0 Å². The Morgan fingerprint density at radius 3 is 2.62 bits per heavy atom. The highest BCUT2D eigenvalue weighted by molar-refractivity contribution is 6.34. The Bertz CT molecular complexity index is 514. The van der Waals surface area contributed by atoms with Crippen molar-refractivity contribution in [2.24, 2.45) is 5.73 Å². The van der Waals surface area contributed by atoms with Crippen molar-refractivity contribution < 1.29 is 0 Å². The van der Waals surface area contributed by atoms with Crippen LogP contribution in [0.3, 0.4) is 0 Å². The molecule has 0 fully saturated rings. The van der Waals surface area contributed by atoms with E-state index in [0.29, 0.717) is 10.9 Å². The van der Waals surface area contributed by atoms with Gasteiger partial charge in [-0.1, -0.05) is 25.4 Å². The van der Waals surface area contributed by atoms with Crippen molar-refractivity contribution >= 4 is 17.1 Å². The van der Waals surface area contributed by atoms with Crippen LogP contribution >= 0.6 is 11.6 Å². The van der Waals surface area contributed by atoms with Crippen molar-refractivity contribution in [3.63, 3.8) is 0 Å². The van der Waals surface area contributed by atoms with Gasteiger partial charge in [0.05, 0.1) is 16.2 Å². The summed E-state index contributed by atoms with van der Waals surface area (Å²) in [6.45, 7) is 6.15. The Balaban J connectivity index is 2.82. The number of pyridine rings is 1. The molecule has 4 heteroatoms. The Kier molecular flexibility index (Phi) is 2.91. The van der Waals surface area contributed by atoms with Gasteiger partial charge in [-0.05, 0) is 19.1 Å². The summed E-state index contributed by atoms with van der Waals surface area (Å²) in [5, 5.41) is 0.703. The van der Waals surface area contributed by atoms with Crippen molar-refractivity contribution in [3.8, 4) is 0 Å². The summed E-state index contributed by atoms with van der Waals surface area (Å²) in [5.74, 6) is 1.35. The Morgan fingerprint density at radius 2 is 2.06 bits per heavy atom. The van der Waals surface area contributed by atoms with Crippen molar-refractivity contribution in [1.82, 2.24) is 9.38 Å². The van der Waals surface area contributed by atoms with Crippen LogP contribution in [0.25, 0.3) is 5.52 Å². The van der Waals surface area contributed by atoms with Crippen LogP contribution in [0.1, 0.15) is 44.2 Å². The molecule has 0 aliphatic carbocycles. The molecule has 0 saturated heterocycles. The summed E-state index contributed by atoms with van der Waals surface area (Å²) in [5.41, 5.74) is 7.73. The summed E-state index contributed by atoms with van der Waals surface area (Å²) >= 11 is 6.21. The first-order valence-corrected chi connectivity index (χ1v) is 5.82. The number of aromatic nitrogens is 2. The van der Waals surface area contributed by atoms with E-state index in [1.165, 1.54) is 0 Å². The highest BCUT2D eigenvalue weighted by Crippen LogP contribution is 2.28. The molecule has 0 amide bonds. The number of rotatable bonds is 2. The number of hydrogen-bond donors (Lipinski definition) is 1. The predicted molar refractivity (Wildman–Crippen MR) is 66.9 cm³/mol. The molecule has 2 rings (SSSR count). The van der Waals surface area contributed by atoms with E-state index in [4.69, 9.17) is 17.3 Å². The van der Waals surface area contributed by atoms with Gasteiger partial charge in [-0.25, -0.2) is 4.98 Å². The molecule has 0 aromatic carbocycles. The third-order valence-corrected chi connectivity index (χ3v) is 2.92. The van der Waals surface area contributed by atoms with Crippen LogP contribution in [-0.4, -0.2) is 9.38 Å². The van der Waals surface area contributed by atoms with E-state index in [0.717, 1.165) is 17.0 Å². The molecular formula is C12H16ClN3. The molecule has 2 heterocycles. The van der Waals surface area contributed by atoms with Gasteiger partial charge in [-0.3, -0.25) is 0 Å². The molecule has 86 valence electrons. The van der Waals surface area contributed by atoms with E-state index in [9.17, 15) is 0 Å². The normalized spacial score (nSPS) is 13.6. The lowest BCUT2D eigenvalue weighted by Crippen LogP contribution is -2.06. The quantitative estimate of drug-likeness (QED) is 0.872. The fourth-order valence-electron chi connectivity index (χ4n) is 1.87. The summed E-state index contributed by atoms with van der Waals surface area (Å²) in [7, 11) is 0. The summed E-state index contributed by atoms with van der Waals surface area (Å²) < 4.78 is 2.03. The zero-order valence-electron chi connectivity index (χ0n) is 9.74. The molecule has 16 heavy (non-hydrogen) atoms. The fourth-order valence-corrected chi connectivity index (χ4v) is 2.13. The SMILES string of the molecule is CC(C)c1nc(C(C)N)c2c(Cl)cccn12. The predicted octanol–water partition coefficient (Wildman–Crippen LogP) is 3.13. The summed E-state index contributed by atoms with van der Waals surface area (Å²) in [6, 6.07) is 3.69. The molecule has 2 aromatic heterocycles. The van der Waals surface area contributed by atoms with Gasteiger partial charge in [0.15, 0.2) is 0 Å². The van der Waals surface area contributed by atoms with Crippen molar-refractivity contribution in [2.45, 2.75) is 32.7 Å². The Hall–Kier alpha value is -1.06. The first-order valence-electron chi connectivity index (χ1n) is 5.44. The van der Waals surface area contributed by atoms with E-state index in [-0.39, 0.29) is 6.04 Å². The highest BCUT2D eigenvalue weighted by Gasteiger charge is 2.17. The summed E-state index contributed by atoms with van der Waals surface area (Å²) in [4.78, 5) is 4.60. The molecule has 1 unspecified atom stereocenters. The van der Waals surface area contributed by atoms with E-state index in [1.54, 1.807) is 0 Å². The van der Waals surface area contributed by atoms with Crippen LogP contribution in [-0.2, 0) is 0 Å². The molecule has 0 radical (unpaired) electrons. The molecule has 1 atom stereocenters. The van der Waals surface area contributed by atoms with Crippen LogP contribution < -0.4 is 5.73 Å². The smallest absolute Gasteiger partial charge is 0.116 e. The van der Waals surface area contributed by atoms with Crippen LogP contribution in [0.2, 0.25) is 5.02 Å². The molecule has 0 saturated carbocycles. The van der Waals surface area contributed by atoms with E-state index >= 15 is 0 Å². The second-order valence-electron chi connectivity index (χ2n) is 4.37. The molecule has 2 aromatic rings. The Labute approximate surface area is 100 Å². The van der Waals surface area contributed by atoms with Gasteiger partial charge >= 0.3 is 0 Å². The number of fused-ring (bicyclic) bond motifs is 1. The summed E-state index contributed by atoms with van der Waals surface area (Å²) in [6.07, 6.45) is 1.98. The lowest BCUT2D eigenvalue weighted by atomic mass is 10.2. The molecule has 3 nitrogen and oxygen atoms in total. The van der Waals surface area contributed by atoms with E-state index in [1.807, 2.05) is 29.7 Å². The first kappa shape index (κ1) is 11.4. The largest absolute Gasteiger partial charge is 0.323 e. The van der Waals surface area contributed by atoms with Crippen molar-refractivity contribution in [1.29, 1.82) is 0 Å². The van der Waals surface area contributed by atoms with Crippen LogP contribution in [0, 0.1) is 0 Å². The van der Waals surface area contributed by atoms with E-state index < -0.39 is 0 Å². The number of halogens is 1. The maximum Gasteiger partial charge on any atom is 0.116 e. The van der Waals surface area contributed by atoms with Gasteiger partial charge < -0.3 is 10.1 Å². The number of imidazole rings is 1. The molecule has 0 bridgehead atoms. The average molecular weight is 238 g/mol. The lowest BCUT2D eigenvalue weighted by Gasteiger charge is -2.04.